The summed E-state index contributed by atoms with van der Waals surface area (Å²) in [7, 11) is 0. The number of anilines is 1. The van der Waals surface area contributed by atoms with E-state index in [0.717, 1.165) is 0 Å². The molecule has 0 spiro atoms. The third-order valence-corrected chi connectivity index (χ3v) is 3.61. The second-order valence-corrected chi connectivity index (χ2v) is 5.63. The number of rotatable bonds is 7. The Morgan fingerprint density at radius 2 is 1.54 bits per heavy atom. The average molecular weight is 355 g/mol. The Kier molecular flexibility index (Phi) is 6.49. The number of esters is 1. The van der Waals surface area contributed by atoms with Gasteiger partial charge in [-0.25, -0.2) is 4.79 Å². The van der Waals surface area contributed by atoms with Gasteiger partial charge in [0.05, 0.1) is 12.2 Å². The number of ether oxygens (including phenoxy) is 2. The first kappa shape index (κ1) is 19.2. The standard InChI is InChI=1S/C20H21NO5/c1-4-25-18-11-7-16(8-12-18)20(24)26-14(3)19(23)21-17-9-5-15(6-10-17)13(2)22/h5-12,14H,4H2,1-3H3,(H,21,23)/t14-/m0/s1. The summed E-state index contributed by atoms with van der Waals surface area (Å²) in [5.41, 5.74) is 1.40. The van der Waals surface area contributed by atoms with Crippen LogP contribution in [0.2, 0.25) is 0 Å². The minimum Gasteiger partial charge on any atom is -0.494 e. The Hall–Kier alpha value is -3.15. The molecule has 0 unspecified atom stereocenters. The molecule has 0 saturated carbocycles. The number of Topliss-reactive ketones (excluding diaryl/α,β-unsaturated/α-hetero) is 1. The van der Waals surface area contributed by atoms with Crippen molar-refractivity contribution in [1.82, 2.24) is 0 Å². The van der Waals surface area contributed by atoms with Gasteiger partial charge in [-0.15, -0.1) is 0 Å². The first-order valence-corrected chi connectivity index (χ1v) is 8.26. The van der Waals surface area contributed by atoms with Crippen molar-refractivity contribution in [2.24, 2.45) is 0 Å². The summed E-state index contributed by atoms with van der Waals surface area (Å²) < 4.78 is 10.5. The van der Waals surface area contributed by atoms with Crippen LogP contribution in [-0.4, -0.2) is 30.4 Å². The Bertz CT molecular complexity index is 781. The fourth-order valence-corrected chi connectivity index (χ4v) is 2.17. The molecule has 1 N–H and O–H groups in total. The minimum atomic E-state index is -0.971. The molecule has 0 aliphatic heterocycles. The molecule has 0 saturated heterocycles. The zero-order chi connectivity index (χ0) is 19.1. The van der Waals surface area contributed by atoms with E-state index in [9.17, 15) is 14.4 Å². The predicted molar refractivity (Wildman–Crippen MR) is 97.6 cm³/mol. The quantitative estimate of drug-likeness (QED) is 0.607. The number of amides is 1. The number of benzene rings is 2. The molecule has 2 aromatic carbocycles. The van der Waals surface area contributed by atoms with Gasteiger partial charge in [0, 0.05) is 11.3 Å². The zero-order valence-electron chi connectivity index (χ0n) is 14.9. The molecular formula is C20H21NO5. The third-order valence-electron chi connectivity index (χ3n) is 3.61. The van der Waals surface area contributed by atoms with Gasteiger partial charge in [0.1, 0.15) is 5.75 Å². The molecule has 0 aliphatic carbocycles. The number of carbonyl (C=O) groups is 3. The maximum absolute atomic E-state index is 12.2. The highest BCUT2D eigenvalue weighted by atomic mass is 16.5. The van der Waals surface area contributed by atoms with Crippen LogP contribution in [0.5, 0.6) is 5.75 Å². The fourth-order valence-electron chi connectivity index (χ4n) is 2.17. The van der Waals surface area contributed by atoms with Crippen LogP contribution in [-0.2, 0) is 9.53 Å². The second-order valence-electron chi connectivity index (χ2n) is 5.63. The highest BCUT2D eigenvalue weighted by Crippen LogP contribution is 2.14. The number of hydrogen-bond acceptors (Lipinski definition) is 5. The van der Waals surface area contributed by atoms with Crippen molar-refractivity contribution in [2.75, 3.05) is 11.9 Å². The van der Waals surface area contributed by atoms with E-state index in [1.807, 2.05) is 6.92 Å². The lowest BCUT2D eigenvalue weighted by atomic mass is 10.1. The van der Waals surface area contributed by atoms with Crippen LogP contribution in [0.15, 0.2) is 48.5 Å². The molecule has 1 amide bonds. The van der Waals surface area contributed by atoms with E-state index in [-0.39, 0.29) is 5.78 Å². The van der Waals surface area contributed by atoms with Crippen LogP contribution < -0.4 is 10.1 Å². The molecule has 0 fully saturated rings. The summed E-state index contributed by atoms with van der Waals surface area (Å²) in [6, 6.07) is 13.0. The van der Waals surface area contributed by atoms with E-state index in [1.165, 1.54) is 13.8 Å². The van der Waals surface area contributed by atoms with Gasteiger partial charge < -0.3 is 14.8 Å². The van der Waals surface area contributed by atoms with Gasteiger partial charge in [-0.1, -0.05) is 0 Å². The van der Waals surface area contributed by atoms with E-state index in [4.69, 9.17) is 9.47 Å². The lowest BCUT2D eigenvalue weighted by molar-refractivity contribution is -0.123. The lowest BCUT2D eigenvalue weighted by Gasteiger charge is -2.14. The van der Waals surface area contributed by atoms with Crippen LogP contribution in [0.4, 0.5) is 5.69 Å². The van der Waals surface area contributed by atoms with Gasteiger partial charge >= 0.3 is 5.97 Å². The number of nitrogens with one attached hydrogen (secondary N) is 1. The second kappa shape index (κ2) is 8.80. The molecule has 0 heterocycles. The molecule has 6 nitrogen and oxygen atoms in total. The van der Waals surface area contributed by atoms with Crippen LogP contribution in [0.3, 0.4) is 0 Å². The Morgan fingerprint density at radius 3 is 2.08 bits per heavy atom. The highest BCUT2D eigenvalue weighted by molar-refractivity contribution is 5.98. The summed E-state index contributed by atoms with van der Waals surface area (Å²) in [5, 5.41) is 2.64. The van der Waals surface area contributed by atoms with Crippen LogP contribution >= 0.6 is 0 Å². The zero-order valence-corrected chi connectivity index (χ0v) is 14.9. The predicted octanol–water partition coefficient (Wildman–Crippen LogP) is 3.47. The molecule has 2 aromatic rings. The summed E-state index contributed by atoms with van der Waals surface area (Å²) >= 11 is 0. The molecule has 26 heavy (non-hydrogen) atoms. The summed E-state index contributed by atoms with van der Waals surface area (Å²) in [4.78, 5) is 35.5. The van der Waals surface area contributed by atoms with Crippen LogP contribution in [0, 0.1) is 0 Å². The minimum absolute atomic E-state index is 0.0551. The third kappa shape index (κ3) is 5.17. The van der Waals surface area contributed by atoms with Gasteiger partial charge in [-0.2, -0.15) is 0 Å². The Balaban J connectivity index is 1.93. The maximum Gasteiger partial charge on any atom is 0.338 e. The number of ketones is 1. The van der Waals surface area contributed by atoms with Gasteiger partial charge in [0.25, 0.3) is 5.91 Å². The average Bonchev–Trinajstić information content (AvgIpc) is 2.63. The van der Waals surface area contributed by atoms with Gasteiger partial charge in [0.15, 0.2) is 11.9 Å². The molecule has 0 aliphatic rings. The number of hydrogen-bond donors (Lipinski definition) is 1. The Labute approximate surface area is 152 Å². The molecule has 2 rings (SSSR count). The molecule has 136 valence electrons. The van der Waals surface area contributed by atoms with Crippen molar-refractivity contribution in [3.63, 3.8) is 0 Å². The van der Waals surface area contributed by atoms with Gasteiger partial charge in [-0.3, -0.25) is 9.59 Å². The molecule has 1 atom stereocenters. The molecule has 6 heteroatoms. The van der Waals surface area contributed by atoms with Crippen molar-refractivity contribution in [3.8, 4) is 5.75 Å². The first-order chi connectivity index (χ1) is 12.4. The summed E-state index contributed by atoms with van der Waals surface area (Å²) in [6.07, 6.45) is -0.971. The van der Waals surface area contributed by atoms with Crippen molar-refractivity contribution in [2.45, 2.75) is 26.9 Å². The van der Waals surface area contributed by atoms with E-state index < -0.39 is 18.0 Å². The molecule has 0 radical (unpaired) electrons. The largest absolute Gasteiger partial charge is 0.494 e. The van der Waals surface area contributed by atoms with Crippen LogP contribution in [0.25, 0.3) is 0 Å². The van der Waals surface area contributed by atoms with E-state index in [2.05, 4.69) is 5.32 Å². The normalized spacial score (nSPS) is 11.3. The summed E-state index contributed by atoms with van der Waals surface area (Å²) in [5.74, 6) is -0.452. The molecule has 0 aromatic heterocycles. The van der Waals surface area contributed by atoms with Gasteiger partial charge in [0.2, 0.25) is 0 Å². The Morgan fingerprint density at radius 1 is 0.962 bits per heavy atom. The van der Waals surface area contributed by atoms with E-state index in [1.54, 1.807) is 48.5 Å². The van der Waals surface area contributed by atoms with Crippen molar-refractivity contribution in [3.05, 3.63) is 59.7 Å². The highest BCUT2D eigenvalue weighted by Gasteiger charge is 2.19. The molecular weight excluding hydrogens is 334 g/mol. The first-order valence-electron chi connectivity index (χ1n) is 8.26. The van der Waals surface area contributed by atoms with Gasteiger partial charge in [-0.05, 0) is 69.3 Å². The topological polar surface area (TPSA) is 81.7 Å². The van der Waals surface area contributed by atoms with E-state index >= 15 is 0 Å². The monoisotopic (exact) mass is 355 g/mol. The van der Waals surface area contributed by atoms with Crippen LogP contribution in [0.1, 0.15) is 41.5 Å². The summed E-state index contributed by atoms with van der Waals surface area (Å²) in [6.45, 7) is 5.37. The smallest absolute Gasteiger partial charge is 0.338 e. The van der Waals surface area contributed by atoms with Crippen molar-refractivity contribution >= 4 is 23.3 Å². The van der Waals surface area contributed by atoms with Crippen molar-refractivity contribution < 1.29 is 23.9 Å². The number of carbonyl (C=O) groups excluding carboxylic acids is 3. The maximum atomic E-state index is 12.2. The molecule has 0 bridgehead atoms. The SMILES string of the molecule is CCOc1ccc(C(=O)O[C@@H](C)C(=O)Nc2ccc(C(C)=O)cc2)cc1. The fraction of sp³-hybridized carbons (Fsp3) is 0.250. The lowest BCUT2D eigenvalue weighted by Crippen LogP contribution is -2.30. The van der Waals surface area contributed by atoms with Crippen molar-refractivity contribution in [1.29, 1.82) is 0 Å². The van der Waals surface area contributed by atoms with E-state index in [0.29, 0.717) is 29.2 Å².